The molecule has 11 heavy (non-hydrogen) atoms. The summed E-state index contributed by atoms with van der Waals surface area (Å²) in [4.78, 5) is 1.76. The van der Waals surface area contributed by atoms with Crippen molar-refractivity contribution >= 4 is 0 Å². The maximum absolute atomic E-state index is 9.03. The van der Waals surface area contributed by atoms with Gasteiger partial charge < -0.3 is 15.1 Å². The van der Waals surface area contributed by atoms with Crippen LogP contribution in [0.5, 0.6) is 0 Å². The standard InChI is InChI=1S/C8H11NO2/c10-7-8(11)6-9-4-2-1-3-5-9/h1-2,4-5,8,10-11H,6-7H2. The Hall–Kier alpha value is -1.02. The summed E-state index contributed by atoms with van der Waals surface area (Å²) in [6, 6.07) is 0. The summed E-state index contributed by atoms with van der Waals surface area (Å²) in [6.07, 6.45) is 6.45. The molecule has 1 rings (SSSR count). The van der Waals surface area contributed by atoms with Gasteiger partial charge >= 0.3 is 0 Å². The van der Waals surface area contributed by atoms with E-state index >= 15 is 0 Å². The number of rotatable bonds is 3. The van der Waals surface area contributed by atoms with Crippen molar-refractivity contribution in [3.05, 3.63) is 30.3 Å². The van der Waals surface area contributed by atoms with Gasteiger partial charge in [-0.3, -0.25) is 0 Å². The predicted molar refractivity (Wildman–Crippen MR) is 41.6 cm³/mol. The van der Waals surface area contributed by atoms with Crippen LogP contribution < -0.4 is 0 Å². The Morgan fingerprint density at radius 3 is 2.91 bits per heavy atom. The molecule has 2 N–H and O–H groups in total. The summed E-state index contributed by atoms with van der Waals surface area (Å²) in [5, 5.41) is 17.5. The summed E-state index contributed by atoms with van der Waals surface area (Å²) >= 11 is 0. The lowest BCUT2D eigenvalue weighted by Crippen LogP contribution is -2.27. The van der Waals surface area contributed by atoms with E-state index in [1.165, 1.54) is 0 Å². The van der Waals surface area contributed by atoms with Gasteiger partial charge in [-0.15, -0.1) is 5.73 Å². The average molecular weight is 153 g/mol. The smallest absolute Gasteiger partial charge is 0.0949 e. The van der Waals surface area contributed by atoms with Crippen LogP contribution in [0.3, 0.4) is 0 Å². The van der Waals surface area contributed by atoms with Gasteiger partial charge in [0.15, 0.2) is 0 Å². The highest BCUT2D eigenvalue weighted by Gasteiger charge is 2.04. The van der Waals surface area contributed by atoms with E-state index in [0.717, 1.165) is 0 Å². The Labute approximate surface area is 65.6 Å². The number of aliphatic hydroxyl groups is 2. The van der Waals surface area contributed by atoms with Crippen LogP contribution in [0.4, 0.5) is 0 Å². The summed E-state index contributed by atoms with van der Waals surface area (Å²) < 4.78 is 0. The number of aliphatic hydroxyl groups excluding tert-OH is 2. The molecule has 0 bridgehead atoms. The Kier molecular flexibility index (Phi) is 2.93. The monoisotopic (exact) mass is 153 g/mol. The Morgan fingerprint density at radius 1 is 1.55 bits per heavy atom. The largest absolute Gasteiger partial charge is 0.394 e. The van der Waals surface area contributed by atoms with Crippen molar-refractivity contribution in [1.29, 1.82) is 0 Å². The predicted octanol–water partition coefficient (Wildman–Crippen LogP) is -0.162. The first-order valence-corrected chi connectivity index (χ1v) is 3.47. The van der Waals surface area contributed by atoms with Gasteiger partial charge in [-0.25, -0.2) is 0 Å². The molecule has 3 nitrogen and oxygen atoms in total. The van der Waals surface area contributed by atoms with Crippen molar-refractivity contribution in [2.45, 2.75) is 6.10 Å². The third kappa shape index (κ3) is 2.60. The summed E-state index contributed by atoms with van der Waals surface area (Å²) in [5.41, 5.74) is 2.86. The summed E-state index contributed by atoms with van der Waals surface area (Å²) in [6.45, 7) is 0.204. The molecule has 60 valence electrons. The molecular formula is C8H11NO2. The maximum atomic E-state index is 9.03. The Morgan fingerprint density at radius 2 is 2.36 bits per heavy atom. The molecule has 0 aromatic carbocycles. The number of β-amino-alcohol motifs (C(OH)–C–C–N with tert-alkyl or cyclic N) is 1. The number of allylic oxidation sites excluding steroid dienone is 2. The first-order chi connectivity index (χ1) is 5.33. The lowest BCUT2D eigenvalue weighted by Gasteiger charge is -2.17. The lowest BCUT2D eigenvalue weighted by molar-refractivity contribution is 0.0803. The normalized spacial score (nSPS) is 17.5. The molecule has 0 aliphatic carbocycles. The molecule has 1 heterocycles. The van der Waals surface area contributed by atoms with Crippen LogP contribution in [0.1, 0.15) is 0 Å². The van der Waals surface area contributed by atoms with Crippen molar-refractivity contribution in [2.75, 3.05) is 13.2 Å². The molecule has 3 heteroatoms. The van der Waals surface area contributed by atoms with Crippen LogP contribution in [0.2, 0.25) is 0 Å². The van der Waals surface area contributed by atoms with Gasteiger partial charge in [0.05, 0.1) is 19.3 Å². The molecule has 0 spiro atoms. The minimum atomic E-state index is -0.684. The highest BCUT2D eigenvalue weighted by atomic mass is 16.3. The molecule has 1 aliphatic rings. The maximum Gasteiger partial charge on any atom is 0.0949 e. The first kappa shape index (κ1) is 8.08. The molecule has 0 fully saturated rings. The molecule has 0 aromatic rings. The Balaban J connectivity index is 2.38. The van der Waals surface area contributed by atoms with Gasteiger partial charge in [-0.2, -0.15) is 0 Å². The quantitative estimate of drug-likeness (QED) is 0.554. The van der Waals surface area contributed by atoms with Crippen LogP contribution in [0, 0.1) is 0 Å². The third-order valence-corrected chi connectivity index (χ3v) is 1.34. The van der Waals surface area contributed by atoms with Crippen LogP contribution in [0.15, 0.2) is 30.3 Å². The van der Waals surface area contributed by atoms with Gasteiger partial charge in [-0.1, -0.05) is 0 Å². The summed E-state index contributed by atoms with van der Waals surface area (Å²) in [5.74, 6) is 0. The molecule has 0 radical (unpaired) electrons. The van der Waals surface area contributed by atoms with E-state index in [1.54, 1.807) is 17.2 Å². The van der Waals surface area contributed by atoms with Crippen molar-refractivity contribution < 1.29 is 10.2 Å². The number of hydrogen-bond donors (Lipinski definition) is 2. The van der Waals surface area contributed by atoms with Crippen molar-refractivity contribution in [2.24, 2.45) is 0 Å². The first-order valence-electron chi connectivity index (χ1n) is 3.47. The molecule has 0 aromatic heterocycles. The van der Waals surface area contributed by atoms with Crippen LogP contribution in [-0.4, -0.2) is 34.4 Å². The van der Waals surface area contributed by atoms with Crippen LogP contribution in [-0.2, 0) is 0 Å². The number of nitrogens with zero attached hydrogens (tertiary/aromatic N) is 1. The lowest BCUT2D eigenvalue weighted by atomic mass is 10.3. The van der Waals surface area contributed by atoms with Gasteiger partial charge in [0.25, 0.3) is 0 Å². The second-order valence-electron chi connectivity index (χ2n) is 2.34. The van der Waals surface area contributed by atoms with E-state index in [-0.39, 0.29) is 6.61 Å². The Bertz CT molecular complexity index is 204. The van der Waals surface area contributed by atoms with E-state index < -0.39 is 6.10 Å². The van der Waals surface area contributed by atoms with Gasteiger partial charge in [0.1, 0.15) is 0 Å². The fraction of sp³-hybridized carbons (Fsp3) is 0.375. The average Bonchev–Trinajstić information content (AvgIpc) is 2.06. The van der Waals surface area contributed by atoms with E-state index in [1.807, 2.05) is 12.3 Å². The van der Waals surface area contributed by atoms with Crippen LogP contribution >= 0.6 is 0 Å². The van der Waals surface area contributed by atoms with E-state index in [4.69, 9.17) is 10.2 Å². The minimum Gasteiger partial charge on any atom is -0.394 e. The minimum absolute atomic E-state index is 0.206. The third-order valence-electron chi connectivity index (χ3n) is 1.34. The molecule has 0 saturated carbocycles. The molecule has 0 amide bonds. The zero-order valence-corrected chi connectivity index (χ0v) is 6.14. The van der Waals surface area contributed by atoms with Crippen LogP contribution in [0.25, 0.3) is 0 Å². The zero-order valence-electron chi connectivity index (χ0n) is 6.14. The molecule has 0 saturated heterocycles. The van der Waals surface area contributed by atoms with Crippen molar-refractivity contribution in [3.8, 4) is 0 Å². The van der Waals surface area contributed by atoms with E-state index in [0.29, 0.717) is 6.54 Å². The highest BCUT2D eigenvalue weighted by molar-refractivity contribution is 5.08. The summed E-state index contributed by atoms with van der Waals surface area (Å²) in [7, 11) is 0. The second-order valence-corrected chi connectivity index (χ2v) is 2.34. The molecule has 1 unspecified atom stereocenters. The zero-order chi connectivity index (χ0) is 8.10. The van der Waals surface area contributed by atoms with Crippen molar-refractivity contribution in [3.63, 3.8) is 0 Å². The SMILES string of the molecule is OCC(O)CN1C=C=CC=C1. The highest BCUT2D eigenvalue weighted by Crippen LogP contribution is 1.98. The van der Waals surface area contributed by atoms with Gasteiger partial charge in [0.2, 0.25) is 0 Å². The molecule has 1 atom stereocenters. The topological polar surface area (TPSA) is 43.7 Å². The fourth-order valence-electron chi connectivity index (χ4n) is 0.806. The molecule has 1 aliphatic heterocycles. The number of hydrogen-bond acceptors (Lipinski definition) is 3. The second kappa shape index (κ2) is 3.98. The fourth-order valence-corrected chi connectivity index (χ4v) is 0.806. The van der Waals surface area contributed by atoms with Gasteiger partial charge in [0, 0.05) is 12.4 Å². The van der Waals surface area contributed by atoms with E-state index in [2.05, 4.69) is 5.73 Å². The van der Waals surface area contributed by atoms with Gasteiger partial charge in [-0.05, 0) is 12.2 Å². The molecular weight excluding hydrogens is 142 g/mol. The van der Waals surface area contributed by atoms with E-state index in [9.17, 15) is 0 Å². The van der Waals surface area contributed by atoms with Crippen molar-refractivity contribution in [1.82, 2.24) is 4.90 Å².